The second-order valence-electron chi connectivity index (χ2n) is 5.33. The van der Waals surface area contributed by atoms with Gasteiger partial charge in [0, 0.05) is 19.2 Å². The zero-order chi connectivity index (χ0) is 9.38. The Morgan fingerprint density at radius 1 is 1.21 bits per heavy atom. The van der Waals surface area contributed by atoms with E-state index in [-0.39, 0.29) is 0 Å². The van der Waals surface area contributed by atoms with E-state index in [1.165, 1.54) is 38.6 Å². The normalized spacial score (nSPS) is 46.3. The van der Waals surface area contributed by atoms with Gasteiger partial charge in [-0.1, -0.05) is 0 Å². The molecule has 4 atom stereocenters. The molecule has 3 aliphatic rings. The van der Waals surface area contributed by atoms with Gasteiger partial charge in [0.15, 0.2) is 0 Å². The van der Waals surface area contributed by atoms with Gasteiger partial charge in [0.1, 0.15) is 0 Å². The minimum Gasteiger partial charge on any atom is -0.381 e. The Kier molecular flexibility index (Phi) is 2.50. The molecule has 1 saturated heterocycles. The smallest absolute Gasteiger partial charge is 0.0506 e. The van der Waals surface area contributed by atoms with E-state index in [0.29, 0.717) is 0 Å². The molecule has 2 saturated carbocycles. The van der Waals surface area contributed by atoms with E-state index in [2.05, 4.69) is 5.32 Å². The fraction of sp³-hybridized carbons (Fsp3) is 1.00. The molecule has 1 heterocycles. The number of ether oxygens (including phenoxy) is 1. The molecule has 2 heteroatoms. The zero-order valence-electron chi connectivity index (χ0n) is 8.87. The molecule has 2 nitrogen and oxygen atoms in total. The van der Waals surface area contributed by atoms with E-state index in [0.717, 1.165) is 37.0 Å². The van der Waals surface area contributed by atoms with Crippen LogP contribution in [-0.4, -0.2) is 25.8 Å². The summed E-state index contributed by atoms with van der Waals surface area (Å²) in [6.07, 6.45) is 7.07. The van der Waals surface area contributed by atoms with Crippen molar-refractivity contribution >= 4 is 0 Å². The van der Waals surface area contributed by atoms with Crippen LogP contribution in [0.5, 0.6) is 0 Å². The summed E-state index contributed by atoms with van der Waals surface area (Å²) >= 11 is 0. The van der Waals surface area contributed by atoms with E-state index in [1.807, 2.05) is 0 Å². The van der Waals surface area contributed by atoms with E-state index >= 15 is 0 Å². The molecular weight excluding hydrogens is 174 g/mol. The lowest BCUT2D eigenvalue weighted by Gasteiger charge is -2.24. The average molecular weight is 195 g/mol. The van der Waals surface area contributed by atoms with Gasteiger partial charge in [0.25, 0.3) is 0 Å². The van der Waals surface area contributed by atoms with Gasteiger partial charge in [0.2, 0.25) is 0 Å². The minimum atomic E-state index is 0.793. The van der Waals surface area contributed by atoms with Crippen LogP contribution in [0.15, 0.2) is 0 Å². The molecule has 3 rings (SSSR count). The maximum atomic E-state index is 5.49. The van der Waals surface area contributed by atoms with Crippen LogP contribution in [-0.2, 0) is 4.74 Å². The standard InChI is InChI=1S/C12H21NO/c1-2-9(8-14-5-1)7-13-12-4-3-10-6-11(10)12/h9-13H,1-8H2. The largest absolute Gasteiger partial charge is 0.381 e. The van der Waals surface area contributed by atoms with Crippen LogP contribution < -0.4 is 5.32 Å². The van der Waals surface area contributed by atoms with Gasteiger partial charge in [-0.3, -0.25) is 0 Å². The molecular formula is C12H21NO. The minimum absolute atomic E-state index is 0.793. The number of rotatable bonds is 3. The predicted molar refractivity (Wildman–Crippen MR) is 56.2 cm³/mol. The second-order valence-corrected chi connectivity index (χ2v) is 5.33. The molecule has 1 aliphatic heterocycles. The topological polar surface area (TPSA) is 21.3 Å². The summed E-state index contributed by atoms with van der Waals surface area (Å²) < 4.78 is 5.49. The van der Waals surface area contributed by atoms with Gasteiger partial charge in [0.05, 0.1) is 6.61 Å². The molecule has 0 bridgehead atoms. The maximum Gasteiger partial charge on any atom is 0.0506 e. The van der Waals surface area contributed by atoms with Crippen LogP contribution in [0.3, 0.4) is 0 Å². The molecule has 4 unspecified atom stereocenters. The fourth-order valence-electron chi connectivity index (χ4n) is 3.24. The monoisotopic (exact) mass is 195 g/mol. The molecule has 0 aromatic carbocycles. The van der Waals surface area contributed by atoms with Crippen LogP contribution >= 0.6 is 0 Å². The summed E-state index contributed by atoms with van der Waals surface area (Å²) in [4.78, 5) is 0. The van der Waals surface area contributed by atoms with Crippen molar-refractivity contribution in [2.45, 2.75) is 38.1 Å². The zero-order valence-corrected chi connectivity index (χ0v) is 8.87. The SMILES string of the molecule is C1COCC(CNC2CCC3CC32)C1. The molecule has 1 N–H and O–H groups in total. The van der Waals surface area contributed by atoms with Crippen molar-refractivity contribution in [2.75, 3.05) is 19.8 Å². The van der Waals surface area contributed by atoms with Crippen LogP contribution in [0.1, 0.15) is 32.1 Å². The Balaban J connectivity index is 1.40. The summed E-state index contributed by atoms with van der Waals surface area (Å²) in [6, 6.07) is 0.863. The quantitative estimate of drug-likeness (QED) is 0.741. The van der Waals surface area contributed by atoms with Crippen molar-refractivity contribution in [3.63, 3.8) is 0 Å². The van der Waals surface area contributed by atoms with Crippen LogP contribution in [0.25, 0.3) is 0 Å². The van der Waals surface area contributed by atoms with Crippen molar-refractivity contribution in [3.8, 4) is 0 Å². The molecule has 0 aromatic rings. The Bertz CT molecular complexity index is 200. The highest BCUT2D eigenvalue weighted by atomic mass is 16.5. The number of fused-ring (bicyclic) bond motifs is 1. The van der Waals surface area contributed by atoms with Crippen LogP contribution in [0.4, 0.5) is 0 Å². The van der Waals surface area contributed by atoms with Gasteiger partial charge in [-0.2, -0.15) is 0 Å². The first-order valence-corrected chi connectivity index (χ1v) is 6.24. The third-order valence-electron chi connectivity index (χ3n) is 4.27. The van der Waals surface area contributed by atoms with Gasteiger partial charge in [-0.15, -0.1) is 0 Å². The molecule has 0 amide bonds. The maximum absolute atomic E-state index is 5.49. The molecule has 80 valence electrons. The average Bonchev–Trinajstić information content (AvgIpc) is 2.92. The Morgan fingerprint density at radius 3 is 2.86 bits per heavy atom. The Labute approximate surface area is 86.4 Å². The van der Waals surface area contributed by atoms with Crippen LogP contribution in [0.2, 0.25) is 0 Å². The lowest BCUT2D eigenvalue weighted by Crippen LogP contribution is -2.36. The van der Waals surface area contributed by atoms with E-state index in [9.17, 15) is 0 Å². The molecule has 0 radical (unpaired) electrons. The lowest BCUT2D eigenvalue weighted by atomic mass is 10.0. The number of nitrogens with one attached hydrogen (secondary N) is 1. The Morgan fingerprint density at radius 2 is 2.21 bits per heavy atom. The lowest BCUT2D eigenvalue weighted by molar-refractivity contribution is 0.0536. The van der Waals surface area contributed by atoms with Gasteiger partial charge in [-0.05, 0) is 49.9 Å². The Hall–Kier alpha value is -0.0800. The van der Waals surface area contributed by atoms with Crippen molar-refractivity contribution in [2.24, 2.45) is 17.8 Å². The van der Waals surface area contributed by atoms with Crippen molar-refractivity contribution < 1.29 is 4.74 Å². The van der Waals surface area contributed by atoms with Crippen LogP contribution in [0, 0.1) is 17.8 Å². The summed E-state index contributed by atoms with van der Waals surface area (Å²) in [5, 5.41) is 3.76. The van der Waals surface area contributed by atoms with Gasteiger partial charge >= 0.3 is 0 Å². The van der Waals surface area contributed by atoms with Crippen molar-refractivity contribution in [1.29, 1.82) is 0 Å². The molecule has 2 aliphatic carbocycles. The third-order valence-corrected chi connectivity index (χ3v) is 4.27. The summed E-state index contributed by atoms with van der Waals surface area (Å²) in [7, 11) is 0. The molecule has 3 fully saturated rings. The highest BCUT2D eigenvalue weighted by Gasteiger charge is 2.47. The van der Waals surface area contributed by atoms with Gasteiger partial charge < -0.3 is 10.1 Å². The summed E-state index contributed by atoms with van der Waals surface area (Å²) in [5.74, 6) is 2.95. The summed E-state index contributed by atoms with van der Waals surface area (Å²) in [6.45, 7) is 3.19. The van der Waals surface area contributed by atoms with E-state index < -0.39 is 0 Å². The first-order valence-electron chi connectivity index (χ1n) is 6.24. The number of hydrogen-bond donors (Lipinski definition) is 1. The molecule has 14 heavy (non-hydrogen) atoms. The van der Waals surface area contributed by atoms with Crippen molar-refractivity contribution in [1.82, 2.24) is 5.32 Å². The first kappa shape index (κ1) is 9.17. The fourth-order valence-corrected chi connectivity index (χ4v) is 3.24. The summed E-state index contributed by atoms with van der Waals surface area (Å²) in [5.41, 5.74) is 0. The van der Waals surface area contributed by atoms with Crippen molar-refractivity contribution in [3.05, 3.63) is 0 Å². The first-order chi connectivity index (χ1) is 6.93. The second kappa shape index (κ2) is 3.82. The van der Waals surface area contributed by atoms with E-state index in [4.69, 9.17) is 4.74 Å². The highest BCUT2D eigenvalue weighted by Crippen LogP contribution is 2.51. The molecule has 0 aromatic heterocycles. The predicted octanol–water partition coefficient (Wildman–Crippen LogP) is 1.80. The molecule has 0 spiro atoms. The number of hydrogen-bond acceptors (Lipinski definition) is 2. The van der Waals surface area contributed by atoms with Gasteiger partial charge in [-0.25, -0.2) is 0 Å². The third kappa shape index (κ3) is 1.82. The van der Waals surface area contributed by atoms with E-state index in [1.54, 1.807) is 0 Å². The highest BCUT2D eigenvalue weighted by molar-refractivity contribution is 5.01.